The van der Waals surface area contributed by atoms with Crippen molar-refractivity contribution in [3.63, 3.8) is 0 Å². The van der Waals surface area contributed by atoms with Crippen LogP contribution in [0.3, 0.4) is 0 Å². The van der Waals surface area contributed by atoms with Gasteiger partial charge < -0.3 is 25.6 Å². The average molecular weight is 469 g/mol. The normalized spacial score (nSPS) is 10.4. The van der Waals surface area contributed by atoms with Crippen LogP contribution in [0, 0.1) is 0 Å². The van der Waals surface area contributed by atoms with Gasteiger partial charge in [-0.05, 0) is 55.7 Å². The molecule has 0 bridgehead atoms. The number of ether oxygens (including phenoxy) is 1. The molecule has 0 spiro atoms. The second-order valence-electron chi connectivity index (χ2n) is 7.96. The standard InChI is InChI=1S/C26H36N4O4/c1-4-14-30(15-5-2)26(33)21-10-7-11-22(18-21)28-19-24(31)29-23-12-6-9-20(17-23)25(32)27-13-8-16-34-3/h6-7,9-12,17-18,28H,4-5,8,13-16,19H2,1-3H3,(H,27,32)(H,29,31). The van der Waals surface area contributed by atoms with Crippen LogP contribution in [0.4, 0.5) is 11.4 Å². The number of rotatable bonds is 14. The van der Waals surface area contributed by atoms with Gasteiger partial charge in [-0.2, -0.15) is 0 Å². The first-order chi connectivity index (χ1) is 16.5. The summed E-state index contributed by atoms with van der Waals surface area (Å²) in [6, 6.07) is 14.0. The summed E-state index contributed by atoms with van der Waals surface area (Å²) in [4.78, 5) is 39.4. The topological polar surface area (TPSA) is 99.8 Å². The highest BCUT2D eigenvalue weighted by Crippen LogP contribution is 2.14. The summed E-state index contributed by atoms with van der Waals surface area (Å²) in [6.07, 6.45) is 2.54. The molecule has 0 saturated carbocycles. The predicted octanol–water partition coefficient (Wildman–Crippen LogP) is 3.77. The molecular weight excluding hydrogens is 432 g/mol. The molecule has 2 aromatic rings. The number of hydrogen-bond acceptors (Lipinski definition) is 5. The van der Waals surface area contributed by atoms with Crippen molar-refractivity contribution < 1.29 is 19.1 Å². The fourth-order valence-corrected chi connectivity index (χ4v) is 3.45. The van der Waals surface area contributed by atoms with E-state index >= 15 is 0 Å². The van der Waals surface area contributed by atoms with Crippen molar-refractivity contribution in [3.05, 3.63) is 59.7 Å². The molecule has 184 valence electrons. The van der Waals surface area contributed by atoms with E-state index < -0.39 is 0 Å². The molecule has 0 radical (unpaired) electrons. The molecule has 0 saturated heterocycles. The van der Waals surface area contributed by atoms with Gasteiger partial charge in [-0.3, -0.25) is 14.4 Å². The number of methoxy groups -OCH3 is 1. The number of benzene rings is 2. The van der Waals surface area contributed by atoms with E-state index in [-0.39, 0.29) is 24.3 Å². The Labute approximate surface area is 202 Å². The van der Waals surface area contributed by atoms with Crippen LogP contribution < -0.4 is 16.0 Å². The summed E-state index contributed by atoms with van der Waals surface area (Å²) in [5.74, 6) is -0.464. The Balaban J connectivity index is 1.91. The lowest BCUT2D eigenvalue weighted by Crippen LogP contribution is -2.32. The molecule has 0 aromatic heterocycles. The molecule has 8 nitrogen and oxygen atoms in total. The highest BCUT2D eigenvalue weighted by Gasteiger charge is 2.15. The molecule has 0 aliphatic heterocycles. The van der Waals surface area contributed by atoms with Crippen LogP contribution in [0.15, 0.2) is 48.5 Å². The second kappa shape index (κ2) is 14.7. The van der Waals surface area contributed by atoms with E-state index in [0.29, 0.717) is 35.7 Å². The summed E-state index contributed by atoms with van der Waals surface area (Å²) in [6.45, 7) is 6.67. The van der Waals surface area contributed by atoms with Crippen molar-refractivity contribution in [2.24, 2.45) is 0 Å². The van der Waals surface area contributed by atoms with Crippen LogP contribution in [0.5, 0.6) is 0 Å². The molecule has 0 unspecified atom stereocenters. The molecule has 0 atom stereocenters. The monoisotopic (exact) mass is 468 g/mol. The minimum Gasteiger partial charge on any atom is -0.385 e. The number of nitrogens with zero attached hydrogens (tertiary/aromatic N) is 1. The second-order valence-corrected chi connectivity index (χ2v) is 7.96. The smallest absolute Gasteiger partial charge is 0.253 e. The number of carbonyl (C=O) groups is 3. The third kappa shape index (κ3) is 8.86. The van der Waals surface area contributed by atoms with Crippen molar-refractivity contribution in [2.75, 3.05) is 50.5 Å². The van der Waals surface area contributed by atoms with Crippen LogP contribution in [-0.4, -0.2) is 62.5 Å². The van der Waals surface area contributed by atoms with Gasteiger partial charge in [-0.25, -0.2) is 0 Å². The number of hydrogen-bond donors (Lipinski definition) is 3. The lowest BCUT2D eigenvalue weighted by Gasteiger charge is -2.21. The number of anilines is 2. The molecule has 0 aliphatic carbocycles. The molecular formula is C26H36N4O4. The zero-order valence-corrected chi connectivity index (χ0v) is 20.4. The van der Waals surface area contributed by atoms with Gasteiger partial charge in [0.2, 0.25) is 5.91 Å². The first-order valence-electron chi connectivity index (χ1n) is 11.8. The first-order valence-corrected chi connectivity index (χ1v) is 11.8. The third-order valence-corrected chi connectivity index (χ3v) is 5.06. The van der Waals surface area contributed by atoms with Crippen molar-refractivity contribution in [3.8, 4) is 0 Å². The Kier molecular flexibility index (Phi) is 11.6. The van der Waals surface area contributed by atoms with Gasteiger partial charge in [0.15, 0.2) is 0 Å². The molecule has 0 heterocycles. The van der Waals surface area contributed by atoms with Crippen LogP contribution in [0.1, 0.15) is 53.8 Å². The van der Waals surface area contributed by atoms with E-state index in [2.05, 4.69) is 29.8 Å². The SMILES string of the molecule is CCCN(CCC)C(=O)c1cccc(NCC(=O)Nc2cccc(C(=O)NCCCOC)c2)c1. The summed E-state index contributed by atoms with van der Waals surface area (Å²) < 4.78 is 4.97. The molecule has 0 aliphatic rings. The van der Waals surface area contributed by atoms with Gasteiger partial charge in [0.05, 0.1) is 6.54 Å². The van der Waals surface area contributed by atoms with E-state index in [0.717, 1.165) is 32.4 Å². The molecule has 34 heavy (non-hydrogen) atoms. The molecule has 0 fully saturated rings. The number of nitrogens with one attached hydrogen (secondary N) is 3. The predicted molar refractivity (Wildman–Crippen MR) is 135 cm³/mol. The maximum Gasteiger partial charge on any atom is 0.253 e. The van der Waals surface area contributed by atoms with Gasteiger partial charge in [-0.15, -0.1) is 0 Å². The fraction of sp³-hybridized carbons (Fsp3) is 0.423. The Morgan fingerprint density at radius 1 is 0.912 bits per heavy atom. The minimum absolute atomic E-state index is 0.00545. The maximum absolute atomic E-state index is 12.8. The Hall–Kier alpha value is -3.39. The fourth-order valence-electron chi connectivity index (χ4n) is 3.45. The first kappa shape index (κ1) is 26.9. The lowest BCUT2D eigenvalue weighted by atomic mass is 10.1. The highest BCUT2D eigenvalue weighted by atomic mass is 16.5. The molecule has 3 N–H and O–H groups in total. The Morgan fingerprint density at radius 3 is 2.24 bits per heavy atom. The van der Waals surface area contributed by atoms with Crippen LogP contribution in [0.25, 0.3) is 0 Å². The Morgan fingerprint density at radius 2 is 1.56 bits per heavy atom. The summed E-state index contributed by atoms with van der Waals surface area (Å²) in [5.41, 5.74) is 2.29. The maximum atomic E-state index is 12.8. The minimum atomic E-state index is -0.257. The average Bonchev–Trinajstić information content (AvgIpc) is 2.85. The van der Waals surface area contributed by atoms with Gasteiger partial charge in [0.1, 0.15) is 0 Å². The van der Waals surface area contributed by atoms with Crippen LogP contribution >= 0.6 is 0 Å². The quantitative estimate of drug-likeness (QED) is 0.367. The van der Waals surface area contributed by atoms with E-state index in [4.69, 9.17) is 4.74 Å². The van der Waals surface area contributed by atoms with Crippen molar-refractivity contribution >= 4 is 29.1 Å². The summed E-state index contributed by atoms with van der Waals surface area (Å²) in [5, 5.41) is 8.69. The zero-order chi connectivity index (χ0) is 24.8. The van der Waals surface area contributed by atoms with E-state index in [1.165, 1.54) is 0 Å². The molecule has 2 aromatic carbocycles. The highest BCUT2D eigenvalue weighted by molar-refractivity contribution is 5.98. The lowest BCUT2D eigenvalue weighted by molar-refractivity contribution is -0.114. The van der Waals surface area contributed by atoms with Crippen molar-refractivity contribution in [1.82, 2.24) is 10.2 Å². The number of carbonyl (C=O) groups excluding carboxylic acids is 3. The Bertz CT molecular complexity index is 942. The largest absolute Gasteiger partial charge is 0.385 e. The third-order valence-electron chi connectivity index (χ3n) is 5.06. The van der Waals surface area contributed by atoms with Gasteiger partial charge in [-0.1, -0.05) is 26.0 Å². The molecule has 3 amide bonds. The zero-order valence-electron chi connectivity index (χ0n) is 20.4. The van der Waals surface area contributed by atoms with Crippen LogP contribution in [-0.2, 0) is 9.53 Å². The van der Waals surface area contributed by atoms with Gasteiger partial charge in [0, 0.05) is 55.9 Å². The van der Waals surface area contributed by atoms with E-state index in [9.17, 15) is 14.4 Å². The van der Waals surface area contributed by atoms with Crippen molar-refractivity contribution in [2.45, 2.75) is 33.1 Å². The number of amides is 3. The van der Waals surface area contributed by atoms with E-state index in [1.807, 2.05) is 11.0 Å². The van der Waals surface area contributed by atoms with Gasteiger partial charge >= 0.3 is 0 Å². The summed E-state index contributed by atoms with van der Waals surface area (Å²) in [7, 11) is 1.62. The van der Waals surface area contributed by atoms with E-state index in [1.54, 1.807) is 49.6 Å². The van der Waals surface area contributed by atoms with Crippen molar-refractivity contribution in [1.29, 1.82) is 0 Å². The molecule has 8 heteroatoms. The summed E-state index contributed by atoms with van der Waals surface area (Å²) >= 11 is 0. The van der Waals surface area contributed by atoms with Gasteiger partial charge in [0.25, 0.3) is 11.8 Å². The molecule has 2 rings (SSSR count). The van der Waals surface area contributed by atoms with Crippen LogP contribution in [0.2, 0.25) is 0 Å².